The van der Waals surface area contributed by atoms with Crippen molar-refractivity contribution in [3.63, 3.8) is 0 Å². The van der Waals surface area contributed by atoms with Gasteiger partial charge in [0.15, 0.2) is 0 Å². The molecule has 0 heterocycles. The fraction of sp³-hybridized carbons (Fsp3) is 0.500. The molecule has 0 radical (unpaired) electrons. The van der Waals surface area contributed by atoms with Crippen molar-refractivity contribution in [1.82, 2.24) is 5.32 Å². The van der Waals surface area contributed by atoms with Gasteiger partial charge in [0.2, 0.25) is 5.91 Å². The van der Waals surface area contributed by atoms with Crippen molar-refractivity contribution >= 4 is 5.91 Å². The van der Waals surface area contributed by atoms with Crippen molar-refractivity contribution in [2.24, 2.45) is 5.73 Å². The fourth-order valence-electron chi connectivity index (χ4n) is 1.73. The lowest BCUT2D eigenvalue weighted by molar-refractivity contribution is -0.121. The Bertz CT molecular complexity index is 324. The lowest BCUT2D eigenvalue weighted by atomic mass is 10.1. The first-order chi connectivity index (χ1) is 8.26. The molecular weight excluding hydrogens is 212 g/mol. The van der Waals surface area contributed by atoms with Crippen LogP contribution in [-0.4, -0.2) is 18.5 Å². The first kappa shape index (κ1) is 13.7. The van der Waals surface area contributed by atoms with Gasteiger partial charge in [-0.1, -0.05) is 43.7 Å². The van der Waals surface area contributed by atoms with Crippen LogP contribution in [0.25, 0.3) is 0 Å². The molecule has 1 unspecified atom stereocenters. The molecule has 1 amide bonds. The quantitative estimate of drug-likeness (QED) is 0.756. The Hall–Kier alpha value is -1.35. The van der Waals surface area contributed by atoms with Crippen LogP contribution < -0.4 is 11.1 Å². The van der Waals surface area contributed by atoms with Crippen molar-refractivity contribution in [2.45, 2.75) is 38.6 Å². The number of unbranched alkanes of at least 4 members (excludes halogenated alkanes) is 1. The largest absolute Gasteiger partial charge is 0.352 e. The lowest BCUT2D eigenvalue weighted by Crippen LogP contribution is -2.41. The molecule has 0 spiro atoms. The normalized spacial score (nSPS) is 12.1. The van der Waals surface area contributed by atoms with E-state index >= 15 is 0 Å². The van der Waals surface area contributed by atoms with Crippen LogP contribution >= 0.6 is 0 Å². The van der Waals surface area contributed by atoms with Gasteiger partial charge in [0.05, 0.1) is 0 Å². The fourth-order valence-corrected chi connectivity index (χ4v) is 1.73. The maximum Gasteiger partial charge on any atom is 0.220 e. The van der Waals surface area contributed by atoms with Gasteiger partial charge in [-0.3, -0.25) is 4.79 Å². The zero-order valence-electron chi connectivity index (χ0n) is 10.5. The van der Waals surface area contributed by atoms with E-state index in [1.807, 2.05) is 18.2 Å². The number of rotatable bonds is 7. The molecule has 1 atom stereocenters. The SMILES string of the molecule is CCCCC(=O)NC(CN)Cc1ccccc1. The van der Waals surface area contributed by atoms with E-state index in [4.69, 9.17) is 5.73 Å². The van der Waals surface area contributed by atoms with Gasteiger partial charge >= 0.3 is 0 Å². The molecule has 0 saturated carbocycles. The van der Waals surface area contributed by atoms with Gasteiger partial charge in [-0.2, -0.15) is 0 Å². The van der Waals surface area contributed by atoms with Crippen LogP contribution in [0.5, 0.6) is 0 Å². The highest BCUT2D eigenvalue weighted by Crippen LogP contribution is 2.03. The Morgan fingerprint density at radius 1 is 1.35 bits per heavy atom. The van der Waals surface area contributed by atoms with Gasteiger partial charge in [0.25, 0.3) is 0 Å². The molecule has 3 nitrogen and oxygen atoms in total. The summed E-state index contributed by atoms with van der Waals surface area (Å²) in [5.41, 5.74) is 6.89. The standard InChI is InChI=1S/C14H22N2O/c1-2-3-9-14(17)16-13(11-15)10-12-7-5-4-6-8-12/h4-8,13H,2-3,9-11,15H2,1H3,(H,16,17). The summed E-state index contributed by atoms with van der Waals surface area (Å²) < 4.78 is 0. The van der Waals surface area contributed by atoms with E-state index in [0.29, 0.717) is 13.0 Å². The molecule has 1 aromatic carbocycles. The number of benzene rings is 1. The molecule has 0 aliphatic rings. The van der Waals surface area contributed by atoms with Gasteiger partial charge in [0, 0.05) is 19.0 Å². The summed E-state index contributed by atoms with van der Waals surface area (Å²) in [6.45, 7) is 2.56. The van der Waals surface area contributed by atoms with Crippen molar-refractivity contribution in [1.29, 1.82) is 0 Å². The monoisotopic (exact) mass is 234 g/mol. The lowest BCUT2D eigenvalue weighted by Gasteiger charge is -2.16. The van der Waals surface area contributed by atoms with Crippen molar-refractivity contribution in [3.8, 4) is 0 Å². The molecule has 0 bridgehead atoms. The Kier molecular flexibility index (Phi) is 6.33. The number of hydrogen-bond acceptors (Lipinski definition) is 2. The van der Waals surface area contributed by atoms with E-state index in [2.05, 4.69) is 24.4 Å². The summed E-state index contributed by atoms with van der Waals surface area (Å²) in [5.74, 6) is 0.109. The zero-order valence-corrected chi connectivity index (χ0v) is 10.5. The summed E-state index contributed by atoms with van der Waals surface area (Å²) in [6.07, 6.45) is 3.38. The number of nitrogens with two attached hydrogens (primary N) is 1. The molecule has 0 aliphatic carbocycles. The van der Waals surface area contributed by atoms with Crippen LogP contribution in [0.3, 0.4) is 0 Å². The van der Waals surface area contributed by atoms with Crippen molar-refractivity contribution in [2.75, 3.05) is 6.54 Å². The van der Waals surface area contributed by atoms with E-state index < -0.39 is 0 Å². The topological polar surface area (TPSA) is 55.1 Å². The maximum absolute atomic E-state index is 11.6. The number of nitrogens with one attached hydrogen (secondary N) is 1. The first-order valence-corrected chi connectivity index (χ1v) is 6.29. The smallest absolute Gasteiger partial charge is 0.220 e. The Morgan fingerprint density at radius 3 is 2.65 bits per heavy atom. The predicted molar refractivity (Wildman–Crippen MR) is 70.7 cm³/mol. The van der Waals surface area contributed by atoms with Crippen LogP contribution in [0.2, 0.25) is 0 Å². The molecular formula is C14H22N2O. The molecule has 3 N–H and O–H groups in total. The summed E-state index contributed by atoms with van der Waals surface area (Å²) in [4.78, 5) is 11.6. The molecule has 17 heavy (non-hydrogen) atoms. The summed E-state index contributed by atoms with van der Waals surface area (Å²) >= 11 is 0. The molecule has 1 rings (SSSR count). The van der Waals surface area contributed by atoms with E-state index in [1.54, 1.807) is 0 Å². The van der Waals surface area contributed by atoms with Crippen LogP contribution in [0.4, 0.5) is 0 Å². The summed E-state index contributed by atoms with van der Waals surface area (Å²) in [7, 11) is 0. The van der Waals surface area contributed by atoms with Gasteiger partial charge in [0.1, 0.15) is 0 Å². The molecule has 94 valence electrons. The number of carbonyl (C=O) groups excluding carboxylic acids is 1. The van der Waals surface area contributed by atoms with E-state index in [0.717, 1.165) is 19.3 Å². The van der Waals surface area contributed by atoms with Crippen LogP contribution in [0, 0.1) is 0 Å². The van der Waals surface area contributed by atoms with Crippen molar-refractivity contribution in [3.05, 3.63) is 35.9 Å². The highest BCUT2D eigenvalue weighted by atomic mass is 16.1. The highest BCUT2D eigenvalue weighted by molar-refractivity contribution is 5.76. The number of amides is 1. The minimum Gasteiger partial charge on any atom is -0.352 e. The second-order valence-electron chi connectivity index (χ2n) is 4.29. The molecule has 0 fully saturated rings. The van der Waals surface area contributed by atoms with Crippen LogP contribution in [-0.2, 0) is 11.2 Å². The van der Waals surface area contributed by atoms with Gasteiger partial charge in [-0.25, -0.2) is 0 Å². The molecule has 0 aromatic heterocycles. The van der Waals surface area contributed by atoms with Crippen molar-refractivity contribution < 1.29 is 4.79 Å². The Morgan fingerprint density at radius 2 is 2.06 bits per heavy atom. The number of carbonyl (C=O) groups is 1. The maximum atomic E-state index is 11.6. The average molecular weight is 234 g/mol. The minimum atomic E-state index is 0.0433. The minimum absolute atomic E-state index is 0.0433. The third-order valence-electron chi connectivity index (χ3n) is 2.73. The summed E-state index contributed by atoms with van der Waals surface area (Å²) in [5, 5.41) is 2.99. The highest BCUT2D eigenvalue weighted by Gasteiger charge is 2.10. The Balaban J connectivity index is 2.41. The first-order valence-electron chi connectivity index (χ1n) is 6.29. The molecule has 1 aromatic rings. The van der Waals surface area contributed by atoms with Crippen LogP contribution in [0.1, 0.15) is 31.7 Å². The van der Waals surface area contributed by atoms with Gasteiger partial charge < -0.3 is 11.1 Å². The van der Waals surface area contributed by atoms with Gasteiger partial charge in [-0.15, -0.1) is 0 Å². The molecule has 3 heteroatoms. The average Bonchev–Trinajstić information content (AvgIpc) is 2.36. The Labute approximate surface area is 103 Å². The second-order valence-corrected chi connectivity index (χ2v) is 4.29. The number of hydrogen-bond donors (Lipinski definition) is 2. The van der Waals surface area contributed by atoms with E-state index in [9.17, 15) is 4.79 Å². The van der Waals surface area contributed by atoms with Gasteiger partial charge in [-0.05, 0) is 18.4 Å². The molecule has 0 saturated heterocycles. The van der Waals surface area contributed by atoms with Crippen LogP contribution in [0.15, 0.2) is 30.3 Å². The third-order valence-corrected chi connectivity index (χ3v) is 2.73. The molecule has 0 aliphatic heterocycles. The predicted octanol–water partition coefficient (Wildman–Crippen LogP) is 1.86. The van der Waals surface area contributed by atoms with E-state index in [1.165, 1.54) is 5.56 Å². The third kappa shape index (κ3) is 5.50. The summed E-state index contributed by atoms with van der Waals surface area (Å²) in [6, 6.07) is 10.1. The zero-order chi connectivity index (χ0) is 12.5. The second kappa shape index (κ2) is 7.85. The van der Waals surface area contributed by atoms with E-state index in [-0.39, 0.29) is 11.9 Å².